The molecule has 1 aliphatic rings. The van der Waals surface area contributed by atoms with Crippen LogP contribution >= 0.6 is 0 Å². The van der Waals surface area contributed by atoms with Gasteiger partial charge in [0.1, 0.15) is 5.82 Å². The third kappa shape index (κ3) is 1.19. The van der Waals surface area contributed by atoms with Crippen molar-refractivity contribution in [3.05, 3.63) is 26.5 Å². The smallest absolute Gasteiger partial charge is 0.308 e. The van der Waals surface area contributed by atoms with Crippen molar-refractivity contribution in [2.45, 2.75) is 13.1 Å². The van der Waals surface area contributed by atoms with E-state index in [9.17, 15) is 9.59 Å². The maximum absolute atomic E-state index is 11.4. The van der Waals surface area contributed by atoms with E-state index in [1.807, 2.05) is 0 Å². The number of fused-ring (bicyclic) bond motifs is 1. The van der Waals surface area contributed by atoms with Crippen molar-refractivity contribution >= 4 is 0 Å². The van der Waals surface area contributed by atoms with Gasteiger partial charge < -0.3 is 5.32 Å². The zero-order chi connectivity index (χ0) is 9.42. The van der Waals surface area contributed by atoms with E-state index in [1.165, 1.54) is 11.6 Å². The first kappa shape index (κ1) is 8.18. The minimum absolute atomic E-state index is 0.478. The van der Waals surface area contributed by atoms with Crippen LogP contribution in [0.1, 0.15) is 5.82 Å². The van der Waals surface area contributed by atoms with E-state index in [2.05, 4.69) is 10.4 Å². The Morgan fingerprint density at radius 3 is 2.92 bits per heavy atom. The van der Waals surface area contributed by atoms with Gasteiger partial charge in [-0.2, -0.15) is 5.10 Å². The maximum Gasteiger partial charge on any atom is 0.332 e. The summed E-state index contributed by atoms with van der Waals surface area (Å²) in [6, 6.07) is 0. The van der Waals surface area contributed by atoms with Gasteiger partial charge in [0.2, 0.25) is 0 Å². The van der Waals surface area contributed by atoms with Crippen molar-refractivity contribution in [1.82, 2.24) is 19.7 Å². The number of hydrogen-bond acceptors (Lipinski definition) is 4. The molecule has 1 N–H and O–H groups in total. The van der Waals surface area contributed by atoms with Crippen molar-refractivity contribution in [2.75, 3.05) is 6.54 Å². The first-order chi connectivity index (χ1) is 6.20. The fraction of sp³-hybridized carbons (Fsp3) is 0.571. The van der Waals surface area contributed by atoms with Gasteiger partial charge in [-0.1, -0.05) is 0 Å². The third-order valence-electron chi connectivity index (χ3n) is 2.09. The molecule has 0 saturated carbocycles. The van der Waals surface area contributed by atoms with Crippen LogP contribution in [0.15, 0.2) is 9.59 Å². The summed E-state index contributed by atoms with van der Waals surface area (Å²) in [5, 5.41) is 7.06. The summed E-state index contributed by atoms with van der Waals surface area (Å²) >= 11 is 0. The monoisotopic (exact) mass is 182 g/mol. The van der Waals surface area contributed by atoms with E-state index < -0.39 is 11.1 Å². The molecule has 0 atom stereocenters. The molecule has 1 aliphatic heterocycles. The molecule has 0 amide bonds. The molecular weight excluding hydrogens is 172 g/mol. The van der Waals surface area contributed by atoms with Crippen molar-refractivity contribution < 1.29 is 0 Å². The molecule has 0 aromatic carbocycles. The standard InChI is InChI=1S/C7H10N4O2/c1-10-6(12)7(13)11-3-2-8-4-5(11)9-10/h8H,2-4H2,1H3. The number of rotatable bonds is 0. The first-order valence-corrected chi connectivity index (χ1v) is 4.08. The molecule has 0 saturated heterocycles. The van der Waals surface area contributed by atoms with Gasteiger partial charge in [0.25, 0.3) is 0 Å². The topological polar surface area (TPSA) is 68.9 Å². The predicted octanol–water partition coefficient (Wildman–Crippen LogP) is -1.95. The molecule has 0 aliphatic carbocycles. The first-order valence-electron chi connectivity index (χ1n) is 4.08. The highest BCUT2D eigenvalue weighted by Gasteiger charge is 2.13. The average Bonchev–Trinajstić information content (AvgIpc) is 2.15. The Kier molecular flexibility index (Phi) is 1.77. The third-order valence-corrected chi connectivity index (χ3v) is 2.09. The SMILES string of the molecule is Cn1nc2n(c(=O)c1=O)CCNC2. The number of nitrogens with one attached hydrogen (secondary N) is 1. The Balaban J connectivity index is 2.75. The van der Waals surface area contributed by atoms with Crippen molar-refractivity contribution in [3.8, 4) is 0 Å². The van der Waals surface area contributed by atoms with E-state index in [1.54, 1.807) is 0 Å². The molecule has 0 spiro atoms. The Hall–Kier alpha value is -1.43. The van der Waals surface area contributed by atoms with E-state index in [-0.39, 0.29) is 0 Å². The molecule has 70 valence electrons. The average molecular weight is 182 g/mol. The minimum atomic E-state index is -0.564. The summed E-state index contributed by atoms with van der Waals surface area (Å²) in [6.45, 7) is 1.78. The normalized spacial score (nSPS) is 15.5. The molecular formula is C7H10N4O2. The molecule has 6 heteroatoms. The molecule has 0 bridgehead atoms. The summed E-state index contributed by atoms with van der Waals surface area (Å²) in [7, 11) is 1.49. The Labute approximate surface area is 73.8 Å². The van der Waals surface area contributed by atoms with Crippen LogP contribution in [0.3, 0.4) is 0 Å². The van der Waals surface area contributed by atoms with E-state index in [4.69, 9.17) is 0 Å². The molecule has 1 aromatic rings. The number of nitrogens with zero attached hydrogens (tertiary/aromatic N) is 3. The lowest BCUT2D eigenvalue weighted by Crippen LogP contribution is -2.47. The zero-order valence-corrected chi connectivity index (χ0v) is 7.28. The molecule has 0 radical (unpaired) electrons. The highest BCUT2D eigenvalue weighted by atomic mass is 16.2. The number of aromatic nitrogens is 3. The lowest BCUT2D eigenvalue weighted by atomic mass is 10.4. The summed E-state index contributed by atoms with van der Waals surface area (Å²) in [5.74, 6) is 0.623. The summed E-state index contributed by atoms with van der Waals surface area (Å²) in [6.07, 6.45) is 0. The van der Waals surface area contributed by atoms with Gasteiger partial charge in [-0.25, -0.2) is 4.68 Å². The van der Waals surface area contributed by atoms with Gasteiger partial charge >= 0.3 is 11.1 Å². The molecule has 2 rings (SSSR count). The van der Waals surface area contributed by atoms with E-state index in [0.29, 0.717) is 25.5 Å². The second kappa shape index (κ2) is 2.81. The van der Waals surface area contributed by atoms with Crippen LogP contribution in [0.2, 0.25) is 0 Å². The van der Waals surface area contributed by atoms with Crippen LogP contribution in [-0.4, -0.2) is 20.9 Å². The van der Waals surface area contributed by atoms with Crippen molar-refractivity contribution in [2.24, 2.45) is 7.05 Å². The van der Waals surface area contributed by atoms with Gasteiger partial charge in [-0.15, -0.1) is 0 Å². The largest absolute Gasteiger partial charge is 0.332 e. The van der Waals surface area contributed by atoms with Gasteiger partial charge in [0, 0.05) is 20.1 Å². The summed E-state index contributed by atoms with van der Waals surface area (Å²) < 4.78 is 2.51. The second-order valence-electron chi connectivity index (χ2n) is 2.98. The van der Waals surface area contributed by atoms with E-state index in [0.717, 1.165) is 4.68 Å². The zero-order valence-electron chi connectivity index (χ0n) is 7.28. The second-order valence-corrected chi connectivity index (χ2v) is 2.98. The van der Waals surface area contributed by atoms with E-state index >= 15 is 0 Å². The Morgan fingerprint density at radius 1 is 1.38 bits per heavy atom. The van der Waals surface area contributed by atoms with Crippen LogP contribution in [0.5, 0.6) is 0 Å². The Bertz CT molecular complexity index is 445. The van der Waals surface area contributed by atoms with Crippen LogP contribution < -0.4 is 16.4 Å². The predicted molar refractivity (Wildman–Crippen MR) is 45.4 cm³/mol. The van der Waals surface area contributed by atoms with Gasteiger partial charge in [-0.3, -0.25) is 14.2 Å². The molecule has 6 nitrogen and oxygen atoms in total. The van der Waals surface area contributed by atoms with Crippen LogP contribution in [0.4, 0.5) is 0 Å². The number of aryl methyl sites for hydroxylation is 1. The van der Waals surface area contributed by atoms with Gasteiger partial charge in [-0.05, 0) is 0 Å². The maximum atomic E-state index is 11.4. The highest BCUT2D eigenvalue weighted by Crippen LogP contribution is 1.93. The van der Waals surface area contributed by atoms with Crippen LogP contribution in [0.25, 0.3) is 0 Å². The quantitative estimate of drug-likeness (QED) is 0.473. The van der Waals surface area contributed by atoms with Crippen molar-refractivity contribution in [1.29, 1.82) is 0 Å². The molecule has 13 heavy (non-hydrogen) atoms. The fourth-order valence-corrected chi connectivity index (χ4v) is 1.40. The van der Waals surface area contributed by atoms with Gasteiger partial charge in [0.15, 0.2) is 0 Å². The summed E-state index contributed by atoms with van der Waals surface area (Å²) in [5.41, 5.74) is -1.04. The van der Waals surface area contributed by atoms with Crippen LogP contribution in [0, 0.1) is 0 Å². The minimum Gasteiger partial charge on any atom is -0.308 e. The summed E-state index contributed by atoms with van der Waals surface area (Å²) in [4.78, 5) is 22.6. The highest BCUT2D eigenvalue weighted by molar-refractivity contribution is 4.92. The Morgan fingerprint density at radius 2 is 2.15 bits per heavy atom. The molecule has 2 heterocycles. The van der Waals surface area contributed by atoms with Gasteiger partial charge in [0.05, 0.1) is 6.54 Å². The van der Waals surface area contributed by atoms with Crippen molar-refractivity contribution in [3.63, 3.8) is 0 Å². The molecule has 1 aromatic heterocycles. The molecule has 0 unspecified atom stereocenters. The molecule has 0 fully saturated rings. The fourth-order valence-electron chi connectivity index (χ4n) is 1.40. The lowest BCUT2D eigenvalue weighted by Gasteiger charge is -2.17. The lowest BCUT2D eigenvalue weighted by molar-refractivity contribution is 0.445. The number of hydrogen-bond donors (Lipinski definition) is 1. The van der Waals surface area contributed by atoms with Crippen LogP contribution in [-0.2, 0) is 20.1 Å².